The quantitative estimate of drug-likeness (QED) is 0.646. The van der Waals surface area contributed by atoms with Crippen molar-refractivity contribution in [2.24, 2.45) is 16.8 Å². The van der Waals surface area contributed by atoms with E-state index in [1.807, 2.05) is 13.8 Å². The van der Waals surface area contributed by atoms with Crippen LogP contribution in [-0.4, -0.2) is 23.5 Å². The van der Waals surface area contributed by atoms with Crippen molar-refractivity contribution in [1.29, 1.82) is 0 Å². The molecule has 1 heterocycles. The molecule has 0 saturated heterocycles. The molecule has 2 saturated carbocycles. The summed E-state index contributed by atoms with van der Waals surface area (Å²) >= 11 is 0. The molecule has 2 fully saturated rings. The fourth-order valence-corrected chi connectivity index (χ4v) is 3.71. The Bertz CT molecular complexity index is 526. The molecule has 0 aliphatic heterocycles. The summed E-state index contributed by atoms with van der Waals surface area (Å²) in [4.78, 5) is 9.03. The Morgan fingerprint density at radius 1 is 1.26 bits per heavy atom. The van der Waals surface area contributed by atoms with Crippen LogP contribution in [0.15, 0.2) is 9.41 Å². The highest BCUT2D eigenvalue weighted by atomic mass is 16.4. The van der Waals surface area contributed by atoms with Crippen molar-refractivity contribution in [3.8, 4) is 0 Å². The second kappa shape index (κ2) is 7.37. The molecule has 1 aromatic rings. The van der Waals surface area contributed by atoms with Gasteiger partial charge in [0.2, 0.25) is 5.89 Å². The van der Waals surface area contributed by atoms with Crippen molar-refractivity contribution >= 4 is 5.96 Å². The topological polar surface area (TPSA) is 62.5 Å². The molecule has 0 bridgehead atoms. The van der Waals surface area contributed by atoms with Crippen LogP contribution in [0, 0.1) is 25.7 Å². The molecule has 0 aromatic carbocycles. The maximum Gasteiger partial charge on any atom is 0.216 e. The van der Waals surface area contributed by atoms with Crippen molar-refractivity contribution in [3.05, 3.63) is 17.3 Å². The molecule has 0 radical (unpaired) electrons. The maximum atomic E-state index is 5.61. The number of hydrogen-bond donors (Lipinski definition) is 2. The molecule has 23 heavy (non-hydrogen) atoms. The lowest BCUT2D eigenvalue weighted by atomic mass is 9.85. The van der Waals surface area contributed by atoms with Gasteiger partial charge in [0.15, 0.2) is 5.96 Å². The summed E-state index contributed by atoms with van der Waals surface area (Å²) in [5.41, 5.74) is 0.952. The van der Waals surface area contributed by atoms with E-state index in [1.165, 1.54) is 38.5 Å². The average molecular weight is 318 g/mol. The highest BCUT2D eigenvalue weighted by Gasteiger charge is 2.43. The van der Waals surface area contributed by atoms with Crippen LogP contribution in [0.25, 0.3) is 0 Å². The summed E-state index contributed by atoms with van der Waals surface area (Å²) in [5.74, 6) is 4.25. The standard InChI is InChI=1S/C18H30N4O/c1-4-19-18(20-11-17-21-12(2)13(3)23-17)22-16-10-15(16)14-8-6-5-7-9-14/h14-16H,4-11H2,1-3H3,(H2,19,20,22). The number of guanidine groups is 1. The highest BCUT2D eigenvalue weighted by molar-refractivity contribution is 5.80. The van der Waals surface area contributed by atoms with E-state index < -0.39 is 0 Å². The minimum Gasteiger partial charge on any atom is -0.444 e. The number of hydrogen-bond acceptors (Lipinski definition) is 3. The van der Waals surface area contributed by atoms with Crippen LogP contribution in [0.3, 0.4) is 0 Å². The Balaban J connectivity index is 1.53. The Kier molecular flexibility index (Phi) is 5.23. The van der Waals surface area contributed by atoms with Gasteiger partial charge < -0.3 is 15.1 Å². The fraction of sp³-hybridized carbons (Fsp3) is 0.778. The van der Waals surface area contributed by atoms with Crippen molar-refractivity contribution in [2.75, 3.05) is 6.54 Å². The molecule has 2 aliphatic rings. The van der Waals surface area contributed by atoms with Gasteiger partial charge in [-0.15, -0.1) is 0 Å². The zero-order valence-electron chi connectivity index (χ0n) is 14.7. The van der Waals surface area contributed by atoms with Gasteiger partial charge in [-0.05, 0) is 39.0 Å². The summed E-state index contributed by atoms with van der Waals surface area (Å²) in [6.45, 7) is 7.37. The fourth-order valence-electron chi connectivity index (χ4n) is 3.71. The third kappa shape index (κ3) is 4.27. The number of nitrogens with one attached hydrogen (secondary N) is 2. The van der Waals surface area contributed by atoms with E-state index in [9.17, 15) is 0 Å². The Labute approximate surface area is 139 Å². The van der Waals surface area contributed by atoms with Crippen LogP contribution in [0.4, 0.5) is 0 Å². The summed E-state index contributed by atoms with van der Waals surface area (Å²) in [5, 5.41) is 6.94. The Morgan fingerprint density at radius 2 is 2.04 bits per heavy atom. The lowest BCUT2D eigenvalue weighted by Gasteiger charge is -2.22. The second-order valence-corrected chi connectivity index (χ2v) is 6.99. The third-order valence-corrected chi connectivity index (χ3v) is 5.21. The molecule has 2 N–H and O–H groups in total. The highest BCUT2D eigenvalue weighted by Crippen LogP contribution is 2.44. The van der Waals surface area contributed by atoms with Crippen LogP contribution in [0.2, 0.25) is 0 Å². The van der Waals surface area contributed by atoms with Gasteiger partial charge >= 0.3 is 0 Å². The van der Waals surface area contributed by atoms with Gasteiger partial charge in [-0.3, -0.25) is 0 Å². The third-order valence-electron chi connectivity index (χ3n) is 5.21. The van der Waals surface area contributed by atoms with E-state index in [0.717, 1.165) is 35.8 Å². The normalized spacial score (nSPS) is 25.4. The molecule has 5 nitrogen and oxygen atoms in total. The minimum absolute atomic E-state index is 0.491. The Hall–Kier alpha value is -1.52. The van der Waals surface area contributed by atoms with Crippen LogP contribution >= 0.6 is 0 Å². The van der Waals surface area contributed by atoms with Gasteiger partial charge in [-0.25, -0.2) is 9.98 Å². The monoisotopic (exact) mass is 318 g/mol. The summed E-state index contributed by atoms with van der Waals surface area (Å²) in [7, 11) is 0. The van der Waals surface area contributed by atoms with E-state index in [0.29, 0.717) is 18.5 Å². The van der Waals surface area contributed by atoms with Crippen LogP contribution in [0.5, 0.6) is 0 Å². The Morgan fingerprint density at radius 3 is 2.70 bits per heavy atom. The largest absolute Gasteiger partial charge is 0.444 e. The summed E-state index contributed by atoms with van der Waals surface area (Å²) in [6, 6.07) is 0.601. The summed E-state index contributed by atoms with van der Waals surface area (Å²) in [6.07, 6.45) is 8.42. The van der Waals surface area contributed by atoms with Crippen molar-refractivity contribution in [2.45, 2.75) is 71.9 Å². The zero-order chi connectivity index (χ0) is 16.2. The van der Waals surface area contributed by atoms with Gasteiger partial charge in [0.05, 0.1) is 5.69 Å². The van der Waals surface area contributed by atoms with E-state index in [1.54, 1.807) is 0 Å². The van der Waals surface area contributed by atoms with Crippen molar-refractivity contribution in [3.63, 3.8) is 0 Å². The number of aliphatic imine (C=N–C) groups is 1. The number of rotatable bonds is 5. The zero-order valence-corrected chi connectivity index (χ0v) is 14.7. The van der Waals surface area contributed by atoms with Crippen LogP contribution in [0.1, 0.15) is 62.8 Å². The summed E-state index contributed by atoms with van der Waals surface area (Å²) < 4.78 is 5.61. The van der Waals surface area contributed by atoms with Gasteiger partial charge in [0, 0.05) is 12.6 Å². The predicted molar refractivity (Wildman–Crippen MR) is 92.4 cm³/mol. The molecular formula is C18H30N4O. The molecule has 2 atom stereocenters. The lowest BCUT2D eigenvalue weighted by Crippen LogP contribution is -2.39. The minimum atomic E-state index is 0.491. The molecule has 1 aromatic heterocycles. The first-order chi connectivity index (χ1) is 11.2. The molecule has 128 valence electrons. The first-order valence-electron chi connectivity index (χ1n) is 9.15. The first kappa shape index (κ1) is 16.3. The molecular weight excluding hydrogens is 288 g/mol. The molecule has 2 aliphatic carbocycles. The molecule has 2 unspecified atom stereocenters. The van der Waals surface area contributed by atoms with E-state index in [-0.39, 0.29) is 0 Å². The number of aromatic nitrogens is 1. The smallest absolute Gasteiger partial charge is 0.216 e. The van der Waals surface area contributed by atoms with E-state index in [4.69, 9.17) is 4.42 Å². The average Bonchev–Trinajstić information content (AvgIpc) is 3.24. The van der Waals surface area contributed by atoms with Gasteiger partial charge in [0.1, 0.15) is 12.3 Å². The molecule has 0 spiro atoms. The first-order valence-corrected chi connectivity index (χ1v) is 9.15. The lowest BCUT2D eigenvalue weighted by molar-refractivity contribution is 0.315. The van der Waals surface area contributed by atoms with Gasteiger partial charge in [-0.1, -0.05) is 32.1 Å². The molecule has 0 amide bonds. The number of oxazole rings is 1. The van der Waals surface area contributed by atoms with Crippen molar-refractivity contribution < 1.29 is 4.42 Å². The van der Waals surface area contributed by atoms with Gasteiger partial charge in [0.25, 0.3) is 0 Å². The van der Waals surface area contributed by atoms with Crippen LogP contribution in [-0.2, 0) is 6.54 Å². The number of nitrogens with zero attached hydrogens (tertiary/aromatic N) is 2. The van der Waals surface area contributed by atoms with Crippen LogP contribution < -0.4 is 10.6 Å². The van der Waals surface area contributed by atoms with Gasteiger partial charge in [-0.2, -0.15) is 0 Å². The molecule has 5 heteroatoms. The van der Waals surface area contributed by atoms with E-state index in [2.05, 4.69) is 27.5 Å². The predicted octanol–water partition coefficient (Wildman–Crippen LogP) is 3.32. The SMILES string of the molecule is CCNC(=NCc1nc(C)c(C)o1)NC1CC1C1CCCCC1. The van der Waals surface area contributed by atoms with E-state index >= 15 is 0 Å². The van der Waals surface area contributed by atoms with Crippen molar-refractivity contribution in [1.82, 2.24) is 15.6 Å². The molecule has 3 rings (SSSR count). The number of aryl methyl sites for hydroxylation is 2. The second-order valence-electron chi connectivity index (χ2n) is 6.99. The maximum absolute atomic E-state index is 5.61.